The standard InChI is InChI=1S/C38H23N4/c39-21-29-15-17-41-23-35(29)25-7-5-9-27(19-25)37-31-11-1-2-12-32(31)38(34-14-4-3-13-33(34)37)28-10-6-8-26(20-28)36-24-42-18-16-30(36)22-40/h1-17,19-20,23-24H,18H2/q-1. The van der Waals surface area contributed by atoms with E-state index in [2.05, 4.69) is 101 Å². The van der Waals surface area contributed by atoms with Gasteiger partial charge in [-0.05, 0) is 78.7 Å². The summed E-state index contributed by atoms with van der Waals surface area (Å²) in [6.45, 7) is 0.530. The van der Waals surface area contributed by atoms with Crippen LogP contribution in [-0.2, 0) is 0 Å². The summed E-state index contributed by atoms with van der Waals surface area (Å²) in [4.78, 5) is 4.29. The molecule has 0 aliphatic carbocycles. The summed E-state index contributed by atoms with van der Waals surface area (Å²) < 4.78 is 0. The van der Waals surface area contributed by atoms with E-state index in [0.717, 1.165) is 66.1 Å². The molecule has 196 valence electrons. The summed E-state index contributed by atoms with van der Waals surface area (Å²) in [5.41, 5.74) is 9.30. The van der Waals surface area contributed by atoms with E-state index >= 15 is 0 Å². The molecule has 0 spiro atoms. The third kappa shape index (κ3) is 4.20. The van der Waals surface area contributed by atoms with Crippen molar-refractivity contribution in [2.75, 3.05) is 6.54 Å². The van der Waals surface area contributed by atoms with Crippen LogP contribution in [0.2, 0.25) is 0 Å². The van der Waals surface area contributed by atoms with Gasteiger partial charge in [-0.3, -0.25) is 4.98 Å². The van der Waals surface area contributed by atoms with Crippen LogP contribution < -0.4 is 0 Å². The highest BCUT2D eigenvalue weighted by Gasteiger charge is 2.18. The lowest BCUT2D eigenvalue weighted by Crippen LogP contribution is -1.96. The third-order valence-electron chi connectivity index (χ3n) is 7.83. The fourth-order valence-corrected chi connectivity index (χ4v) is 5.96. The monoisotopic (exact) mass is 535 g/mol. The Bertz CT molecular complexity index is 2120. The van der Waals surface area contributed by atoms with E-state index in [1.807, 2.05) is 30.5 Å². The Hall–Kier alpha value is -5.97. The Morgan fingerprint density at radius 2 is 1.19 bits per heavy atom. The van der Waals surface area contributed by atoms with Gasteiger partial charge in [0.2, 0.25) is 0 Å². The molecular weight excluding hydrogens is 512 g/mol. The molecule has 6 aromatic rings. The van der Waals surface area contributed by atoms with E-state index in [-0.39, 0.29) is 0 Å². The number of nitrogens with zero attached hydrogens (tertiary/aromatic N) is 4. The molecule has 0 unspecified atom stereocenters. The molecule has 1 aliphatic rings. The van der Waals surface area contributed by atoms with Crippen LogP contribution in [0.5, 0.6) is 0 Å². The first-order valence-corrected chi connectivity index (χ1v) is 13.7. The Morgan fingerprint density at radius 3 is 1.79 bits per heavy atom. The molecule has 2 heterocycles. The molecule has 0 atom stereocenters. The zero-order valence-corrected chi connectivity index (χ0v) is 22.6. The molecule has 1 aromatic heterocycles. The molecule has 7 rings (SSSR count). The SMILES string of the molecule is N#CC1=CC[N-]C=C1c1cccc(-c2c3ccccc3c(-c3cccc(-c4cnccc4C#N)c3)c3ccccc23)c1. The predicted molar refractivity (Wildman–Crippen MR) is 170 cm³/mol. The fraction of sp³-hybridized carbons (Fsp3) is 0.0263. The molecular formula is C38H23N4-. The van der Waals surface area contributed by atoms with Crippen LogP contribution in [0.25, 0.3) is 65.8 Å². The van der Waals surface area contributed by atoms with Crippen LogP contribution in [0.4, 0.5) is 0 Å². The lowest BCUT2D eigenvalue weighted by molar-refractivity contribution is 1.31. The molecule has 0 amide bonds. The number of hydrogen-bond acceptors (Lipinski definition) is 3. The second-order valence-corrected chi connectivity index (χ2v) is 10.2. The number of benzene rings is 5. The first-order chi connectivity index (χ1) is 20.8. The number of rotatable bonds is 4. The van der Waals surface area contributed by atoms with Gasteiger partial charge in [0.15, 0.2) is 0 Å². The minimum absolute atomic E-state index is 0.530. The summed E-state index contributed by atoms with van der Waals surface area (Å²) in [5.74, 6) is 0. The number of nitriles is 2. The average molecular weight is 536 g/mol. The molecule has 1 aliphatic heterocycles. The van der Waals surface area contributed by atoms with Crippen molar-refractivity contribution < 1.29 is 0 Å². The van der Waals surface area contributed by atoms with Crippen LogP contribution in [-0.4, -0.2) is 11.5 Å². The quantitative estimate of drug-likeness (QED) is 0.211. The molecule has 0 bridgehead atoms. The summed E-state index contributed by atoms with van der Waals surface area (Å²) in [6.07, 6.45) is 7.09. The van der Waals surface area contributed by atoms with Crippen molar-refractivity contribution in [3.63, 3.8) is 0 Å². The summed E-state index contributed by atoms with van der Waals surface area (Å²) >= 11 is 0. The number of fused-ring (bicyclic) bond motifs is 2. The minimum Gasteiger partial charge on any atom is -0.687 e. The van der Waals surface area contributed by atoms with Crippen LogP contribution >= 0.6 is 0 Å². The van der Waals surface area contributed by atoms with E-state index in [4.69, 9.17) is 0 Å². The van der Waals surface area contributed by atoms with E-state index in [1.165, 1.54) is 0 Å². The Kier molecular flexibility index (Phi) is 6.28. The summed E-state index contributed by atoms with van der Waals surface area (Å²) in [6, 6.07) is 40.2. The number of aromatic nitrogens is 1. The molecule has 4 nitrogen and oxygen atoms in total. The van der Waals surface area contributed by atoms with Crippen LogP contribution in [0.1, 0.15) is 11.1 Å². The van der Waals surface area contributed by atoms with Crippen molar-refractivity contribution in [2.45, 2.75) is 0 Å². The second-order valence-electron chi connectivity index (χ2n) is 10.2. The van der Waals surface area contributed by atoms with Gasteiger partial charge in [0.05, 0.1) is 23.3 Å². The van der Waals surface area contributed by atoms with Crippen molar-refractivity contribution in [3.8, 4) is 45.5 Å². The Morgan fingerprint density at radius 1 is 0.619 bits per heavy atom. The zero-order chi connectivity index (χ0) is 28.5. The minimum atomic E-state index is 0.530. The van der Waals surface area contributed by atoms with Gasteiger partial charge in [-0.15, -0.1) is 6.54 Å². The van der Waals surface area contributed by atoms with Crippen LogP contribution in [0.3, 0.4) is 0 Å². The van der Waals surface area contributed by atoms with E-state index in [1.54, 1.807) is 18.5 Å². The molecule has 0 fully saturated rings. The smallest absolute Gasteiger partial charge is 0.0999 e. The van der Waals surface area contributed by atoms with E-state index in [0.29, 0.717) is 17.7 Å². The molecule has 5 aromatic carbocycles. The molecule has 0 saturated heterocycles. The van der Waals surface area contributed by atoms with Crippen molar-refractivity contribution in [3.05, 3.63) is 150 Å². The van der Waals surface area contributed by atoms with Crippen LogP contribution in [0, 0.1) is 22.7 Å². The maximum atomic E-state index is 9.73. The number of allylic oxidation sites excluding steroid dienone is 2. The van der Waals surface area contributed by atoms with Gasteiger partial charge < -0.3 is 5.32 Å². The number of pyridine rings is 1. The third-order valence-corrected chi connectivity index (χ3v) is 7.83. The topological polar surface area (TPSA) is 74.6 Å². The van der Waals surface area contributed by atoms with Crippen LogP contribution in [0.15, 0.2) is 133 Å². The first-order valence-electron chi connectivity index (χ1n) is 13.7. The lowest BCUT2D eigenvalue weighted by atomic mass is 9.84. The Labute approximate surface area is 244 Å². The van der Waals surface area contributed by atoms with Gasteiger partial charge in [0.1, 0.15) is 0 Å². The fourth-order valence-electron chi connectivity index (χ4n) is 5.96. The summed E-state index contributed by atoms with van der Waals surface area (Å²) in [5, 5.41) is 28.4. The molecule has 0 radical (unpaired) electrons. The molecule has 0 N–H and O–H groups in total. The zero-order valence-electron chi connectivity index (χ0n) is 22.6. The maximum Gasteiger partial charge on any atom is 0.0999 e. The summed E-state index contributed by atoms with van der Waals surface area (Å²) in [7, 11) is 0. The van der Waals surface area contributed by atoms with Gasteiger partial charge in [-0.1, -0.05) is 91.0 Å². The second kappa shape index (κ2) is 10.5. The average Bonchev–Trinajstić information content (AvgIpc) is 3.07. The predicted octanol–water partition coefficient (Wildman–Crippen LogP) is 9.44. The molecule has 4 heteroatoms. The first kappa shape index (κ1) is 25.0. The lowest BCUT2D eigenvalue weighted by Gasteiger charge is -2.23. The van der Waals surface area contributed by atoms with Gasteiger partial charge >= 0.3 is 0 Å². The highest BCUT2D eigenvalue weighted by molar-refractivity contribution is 6.21. The van der Waals surface area contributed by atoms with Gasteiger partial charge in [0.25, 0.3) is 0 Å². The molecule has 0 saturated carbocycles. The molecule has 42 heavy (non-hydrogen) atoms. The van der Waals surface area contributed by atoms with E-state index in [9.17, 15) is 10.5 Å². The maximum absolute atomic E-state index is 9.73. The van der Waals surface area contributed by atoms with Crippen molar-refractivity contribution in [1.82, 2.24) is 4.98 Å². The Balaban J connectivity index is 1.48. The highest BCUT2D eigenvalue weighted by Crippen LogP contribution is 2.44. The van der Waals surface area contributed by atoms with Crippen molar-refractivity contribution in [1.29, 1.82) is 10.5 Å². The van der Waals surface area contributed by atoms with Crippen molar-refractivity contribution >= 4 is 27.1 Å². The van der Waals surface area contributed by atoms with E-state index < -0.39 is 0 Å². The normalized spacial score (nSPS) is 12.6. The van der Waals surface area contributed by atoms with Gasteiger partial charge in [-0.2, -0.15) is 16.7 Å². The largest absolute Gasteiger partial charge is 0.687 e. The van der Waals surface area contributed by atoms with Gasteiger partial charge in [0, 0.05) is 18.0 Å². The highest BCUT2D eigenvalue weighted by atomic mass is 14.8. The number of hydrogen-bond donors (Lipinski definition) is 0. The van der Waals surface area contributed by atoms with Gasteiger partial charge in [-0.25, -0.2) is 0 Å². The van der Waals surface area contributed by atoms with Crippen molar-refractivity contribution in [2.24, 2.45) is 0 Å².